The van der Waals surface area contributed by atoms with E-state index in [1.165, 1.54) is 0 Å². The van der Waals surface area contributed by atoms with Gasteiger partial charge in [-0.2, -0.15) is 0 Å². The summed E-state index contributed by atoms with van der Waals surface area (Å²) in [7, 11) is 2.60. The maximum absolute atomic E-state index is 12.6. The Balaban J connectivity index is 3.60. The van der Waals surface area contributed by atoms with Crippen molar-refractivity contribution >= 4 is 31.4 Å². The van der Waals surface area contributed by atoms with E-state index in [-0.39, 0.29) is 0 Å². The minimum absolute atomic E-state index is 0.476. The SMILES string of the molecule is Fc1c(F)c(F)c(Br)c([Si])c1F. The van der Waals surface area contributed by atoms with Crippen molar-refractivity contribution in [3.63, 3.8) is 0 Å². The number of halogens is 5. The summed E-state index contributed by atoms with van der Waals surface area (Å²) in [5.41, 5.74) is 0. The minimum atomic E-state index is -1.83. The molecule has 12 heavy (non-hydrogen) atoms. The molecule has 63 valence electrons. The second-order valence-electron chi connectivity index (χ2n) is 1.94. The van der Waals surface area contributed by atoms with Crippen molar-refractivity contribution in [1.82, 2.24) is 0 Å². The van der Waals surface area contributed by atoms with Crippen LogP contribution < -0.4 is 5.19 Å². The van der Waals surface area contributed by atoms with Gasteiger partial charge < -0.3 is 0 Å². The van der Waals surface area contributed by atoms with Crippen LogP contribution >= 0.6 is 15.9 Å². The normalized spacial score (nSPS) is 10.5. The summed E-state index contributed by atoms with van der Waals surface area (Å²) in [6.45, 7) is 0. The first kappa shape index (κ1) is 9.72. The first-order valence-corrected chi connectivity index (χ1v) is 3.99. The van der Waals surface area contributed by atoms with E-state index in [0.29, 0.717) is 0 Å². The van der Waals surface area contributed by atoms with Gasteiger partial charge in [-0.3, -0.25) is 0 Å². The van der Waals surface area contributed by atoms with Crippen LogP contribution in [0.1, 0.15) is 0 Å². The van der Waals surface area contributed by atoms with Gasteiger partial charge in [-0.05, 0) is 21.1 Å². The predicted octanol–water partition coefficient (Wildman–Crippen LogP) is 1.80. The summed E-state index contributed by atoms with van der Waals surface area (Å²) in [4.78, 5) is 0. The topological polar surface area (TPSA) is 0 Å². The van der Waals surface area contributed by atoms with Gasteiger partial charge in [0.1, 0.15) is 0 Å². The molecule has 0 fully saturated rings. The monoisotopic (exact) mass is 255 g/mol. The van der Waals surface area contributed by atoms with Crippen molar-refractivity contribution in [2.45, 2.75) is 0 Å². The quantitative estimate of drug-likeness (QED) is 0.287. The lowest BCUT2D eigenvalue weighted by atomic mass is 10.3. The van der Waals surface area contributed by atoms with Crippen molar-refractivity contribution in [3.05, 3.63) is 27.7 Å². The van der Waals surface area contributed by atoms with E-state index < -0.39 is 32.9 Å². The molecule has 1 aromatic rings. The van der Waals surface area contributed by atoms with Gasteiger partial charge in [0, 0.05) is 0 Å². The Morgan fingerprint density at radius 2 is 1.25 bits per heavy atom. The molecule has 0 N–H and O–H groups in total. The zero-order valence-electron chi connectivity index (χ0n) is 5.39. The largest absolute Gasteiger partial charge is 0.204 e. The predicted molar refractivity (Wildman–Crippen MR) is 39.4 cm³/mol. The summed E-state index contributed by atoms with van der Waals surface area (Å²) in [6.07, 6.45) is 0. The van der Waals surface area contributed by atoms with Crippen LogP contribution in [0.5, 0.6) is 0 Å². The van der Waals surface area contributed by atoms with Crippen molar-refractivity contribution in [3.8, 4) is 0 Å². The summed E-state index contributed by atoms with van der Waals surface area (Å²) >= 11 is 2.54. The molecular weight excluding hydrogens is 256 g/mol. The fourth-order valence-electron chi connectivity index (χ4n) is 0.605. The fourth-order valence-corrected chi connectivity index (χ4v) is 1.17. The number of hydrogen-bond donors (Lipinski definition) is 0. The highest BCUT2D eigenvalue weighted by atomic mass is 79.9. The zero-order chi connectivity index (χ0) is 9.46. The van der Waals surface area contributed by atoms with Gasteiger partial charge in [0.05, 0.1) is 14.7 Å². The highest BCUT2D eigenvalue weighted by molar-refractivity contribution is 9.10. The Hall–Kier alpha value is -0.363. The van der Waals surface area contributed by atoms with Gasteiger partial charge in [-0.25, -0.2) is 17.6 Å². The molecule has 0 atom stereocenters. The van der Waals surface area contributed by atoms with Crippen LogP contribution in [0.15, 0.2) is 4.47 Å². The van der Waals surface area contributed by atoms with E-state index in [1.54, 1.807) is 0 Å². The average Bonchev–Trinajstić information content (AvgIpc) is 2.08. The summed E-state index contributed by atoms with van der Waals surface area (Å²) < 4.78 is 49.4. The molecular formula is C6BrF4Si. The molecule has 0 nitrogen and oxygen atoms in total. The standard InChI is InChI=1S/C6BrF4Si/c7-1-2(8)3(9)4(10)5(11)6(1)12. The molecule has 0 unspecified atom stereocenters. The lowest BCUT2D eigenvalue weighted by Gasteiger charge is -2.03. The van der Waals surface area contributed by atoms with Crippen LogP contribution in [0, 0.1) is 23.3 Å². The number of rotatable bonds is 0. The maximum atomic E-state index is 12.6. The molecule has 0 saturated heterocycles. The average molecular weight is 256 g/mol. The second kappa shape index (κ2) is 3.18. The Morgan fingerprint density at radius 1 is 0.833 bits per heavy atom. The molecule has 6 heteroatoms. The third-order valence-electron chi connectivity index (χ3n) is 1.21. The van der Waals surface area contributed by atoms with E-state index in [0.717, 1.165) is 0 Å². The Morgan fingerprint density at radius 3 is 1.75 bits per heavy atom. The Kier molecular flexibility index (Phi) is 2.57. The van der Waals surface area contributed by atoms with E-state index in [9.17, 15) is 17.6 Å². The minimum Gasteiger partial charge on any atom is -0.204 e. The molecule has 0 saturated carbocycles. The third kappa shape index (κ3) is 1.29. The lowest BCUT2D eigenvalue weighted by molar-refractivity contribution is 0.410. The highest BCUT2D eigenvalue weighted by Crippen LogP contribution is 2.20. The summed E-state index contributed by atoms with van der Waals surface area (Å²) in [5.74, 6) is -6.58. The van der Waals surface area contributed by atoms with Gasteiger partial charge in [0.2, 0.25) is 0 Å². The van der Waals surface area contributed by atoms with E-state index in [1.807, 2.05) is 0 Å². The molecule has 0 aliphatic carbocycles. The first-order chi connectivity index (χ1) is 5.46. The van der Waals surface area contributed by atoms with E-state index >= 15 is 0 Å². The molecule has 0 spiro atoms. The molecule has 1 aromatic carbocycles. The van der Waals surface area contributed by atoms with Crippen molar-refractivity contribution in [1.29, 1.82) is 0 Å². The molecule has 0 bridgehead atoms. The van der Waals surface area contributed by atoms with Crippen LogP contribution in [0.4, 0.5) is 17.6 Å². The van der Waals surface area contributed by atoms with Crippen LogP contribution in [-0.2, 0) is 0 Å². The van der Waals surface area contributed by atoms with Crippen LogP contribution in [0.3, 0.4) is 0 Å². The van der Waals surface area contributed by atoms with Gasteiger partial charge in [-0.15, -0.1) is 0 Å². The molecule has 1 rings (SSSR count). The number of hydrogen-bond acceptors (Lipinski definition) is 0. The fraction of sp³-hybridized carbons (Fsp3) is 0. The lowest BCUT2D eigenvalue weighted by Crippen LogP contribution is -2.17. The van der Waals surface area contributed by atoms with Gasteiger partial charge in [-0.1, -0.05) is 0 Å². The first-order valence-electron chi connectivity index (χ1n) is 2.69. The summed E-state index contributed by atoms with van der Waals surface area (Å²) in [6, 6.07) is 0. The second-order valence-corrected chi connectivity index (χ2v) is 3.24. The maximum Gasteiger partial charge on any atom is 0.198 e. The molecule has 0 aromatic heterocycles. The Labute approximate surface area is 77.1 Å². The van der Waals surface area contributed by atoms with Gasteiger partial charge >= 0.3 is 0 Å². The molecule has 3 radical (unpaired) electrons. The zero-order valence-corrected chi connectivity index (χ0v) is 7.98. The van der Waals surface area contributed by atoms with Gasteiger partial charge in [0.15, 0.2) is 23.3 Å². The van der Waals surface area contributed by atoms with Crippen molar-refractivity contribution in [2.24, 2.45) is 0 Å². The van der Waals surface area contributed by atoms with E-state index in [2.05, 4.69) is 26.2 Å². The van der Waals surface area contributed by atoms with Crippen LogP contribution in [0.2, 0.25) is 0 Å². The van der Waals surface area contributed by atoms with E-state index in [4.69, 9.17) is 0 Å². The third-order valence-corrected chi connectivity index (χ3v) is 2.79. The summed E-state index contributed by atoms with van der Waals surface area (Å²) in [5, 5.41) is -0.480. The van der Waals surface area contributed by atoms with Gasteiger partial charge in [0.25, 0.3) is 0 Å². The number of benzene rings is 1. The molecule has 0 aliphatic heterocycles. The van der Waals surface area contributed by atoms with Crippen LogP contribution in [0.25, 0.3) is 0 Å². The highest BCUT2D eigenvalue weighted by Gasteiger charge is 2.20. The molecule has 0 heterocycles. The molecule has 0 aliphatic rings. The van der Waals surface area contributed by atoms with Crippen molar-refractivity contribution < 1.29 is 17.6 Å². The smallest absolute Gasteiger partial charge is 0.198 e. The van der Waals surface area contributed by atoms with Crippen LogP contribution in [-0.4, -0.2) is 10.2 Å². The van der Waals surface area contributed by atoms with Crippen molar-refractivity contribution in [2.75, 3.05) is 0 Å². The molecule has 0 amide bonds. The Bertz CT molecular complexity index is 234.